The Morgan fingerprint density at radius 1 is 1.21 bits per heavy atom. The highest BCUT2D eigenvalue weighted by atomic mass is 16.5. The van der Waals surface area contributed by atoms with E-state index < -0.39 is 11.9 Å². The Bertz CT molecular complexity index is 1120. The molecule has 3 rings (SSSR count). The molecule has 3 amide bonds. The smallest absolute Gasteiger partial charge is 0.256 e. The minimum Gasteiger partial charge on any atom is -0.493 e. The van der Waals surface area contributed by atoms with Gasteiger partial charge in [0.25, 0.3) is 11.5 Å². The van der Waals surface area contributed by atoms with Crippen molar-refractivity contribution in [1.82, 2.24) is 15.3 Å². The van der Waals surface area contributed by atoms with Gasteiger partial charge in [-0.05, 0) is 43.9 Å². The van der Waals surface area contributed by atoms with Crippen molar-refractivity contribution in [3.63, 3.8) is 0 Å². The molecule has 1 aromatic heterocycles. The van der Waals surface area contributed by atoms with E-state index in [0.717, 1.165) is 11.3 Å². The monoisotopic (exact) mass is 454 g/mol. The third-order valence-electron chi connectivity index (χ3n) is 5.52. The second-order valence-corrected chi connectivity index (χ2v) is 7.93. The fraction of sp³-hybridized carbons (Fsp3) is 0.458. The van der Waals surface area contributed by atoms with E-state index in [2.05, 4.69) is 15.3 Å². The Labute approximate surface area is 192 Å². The van der Waals surface area contributed by atoms with Crippen LogP contribution in [0, 0.1) is 0 Å². The average Bonchev–Trinajstić information content (AvgIpc) is 2.79. The highest BCUT2D eigenvalue weighted by molar-refractivity contribution is 6.19. The molecule has 1 unspecified atom stereocenters. The van der Waals surface area contributed by atoms with Gasteiger partial charge >= 0.3 is 0 Å². The summed E-state index contributed by atoms with van der Waals surface area (Å²) in [5, 5.41) is 2.61. The number of imide groups is 1. The molecular weight excluding hydrogens is 424 g/mol. The molecule has 1 saturated heterocycles. The lowest BCUT2D eigenvalue weighted by Gasteiger charge is -2.31. The summed E-state index contributed by atoms with van der Waals surface area (Å²) in [5.74, 6) is -0.377. The van der Waals surface area contributed by atoms with E-state index in [-0.39, 0.29) is 30.2 Å². The van der Waals surface area contributed by atoms with Gasteiger partial charge in [0, 0.05) is 18.9 Å². The molecule has 9 nitrogen and oxygen atoms in total. The molecule has 0 aliphatic carbocycles. The number of amides is 3. The van der Waals surface area contributed by atoms with Crippen LogP contribution in [0.4, 0.5) is 5.69 Å². The molecule has 2 N–H and O–H groups in total. The largest absolute Gasteiger partial charge is 0.493 e. The number of benzene rings is 1. The van der Waals surface area contributed by atoms with Crippen molar-refractivity contribution in [3.8, 4) is 17.1 Å². The number of ether oxygens (including phenoxy) is 1. The SMILES string of the molecule is CCCOc1ccc(N2C(=O)CCC(NC(C)=O)C2=O)cc1-c1nc(CC)c(CC)c(=O)[nH]1. The number of carbonyl (C=O) groups excluding carboxylic acids is 3. The number of carbonyl (C=O) groups is 3. The second kappa shape index (κ2) is 10.4. The molecule has 33 heavy (non-hydrogen) atoms. The average molecular weight is 455 g/mol. The van der Waals surface area contributed by atoms with Gasteiger partial charge in [0.15, 0.2) is 0 Å². The summed E-state index contributed by atoms with van der Waals surface area (Å²) >= 11 is 0. The van der Waals surface area contributed by atoms with E-state index in [1.54, 1.807) is 18.2 Å². The third-order valence-corrected chi connectivity index (χ3v) is 5.52. The molecule has 2 aromatic rings. The summed E-state index contributed by atoms with van der Waals surface area (Å²) < 4.78 is 5.87. The van der Waals surface area contributed by atoms with Crippen molar-refractivity contribution in [2.45, 2.75) is 65.8 Å². The molecule has 1 aliphatic rings. The highest BCUT2D eigenvalue weighted by Crippen LogP contribution is 2.34. The zero-order chi connectivity index (χ0) is 24.1. The van der Waals surface area contributed by atoms with Crippen molar-refractivity contribution < 1.29 is 19.1 Å². The predicted octanol–water partition coefficient (Wildman–Crippen LogP) is 2.51. The van der Waals surface area contributed by atoms with Crippen molar-refractivity contribution in [3.05, 3.63) is 39.8 Å². The first-order chi connectivity index (χ1) is 15.8. The molecule has 0 saturated carbocycles. The van der Waals surface area contributed by atoms with Crippen LogP contribution in [0.25, 0.3) is 11.4 Å². The van der Waals surface area contributed by atoms with Gasteiger partial charge in [0.05, 0.1) is 23.6 Å². The van der Waals surface area contributed by atoms with Crippen LogP contribution in [0.5, 0.6) is 5.75 Å². The lowest BCUT2D eigenvalue weighted by Crippen LogP contribution is -2.54. The Kier molecular flexibility index (Phi) is 7.63. The Morgan fingerprint density at radius 3 is 2.61 bits per heavy atom. The Balaban J connectivity index is 2.12. The van der Waals surface area contributed by atoms with Crippen LogP contribution in [0.3, 0.4) is 0 Å². The van der Waals surface area contributed by atoms with E-state index in [1.165, 1.54) is 6.92 Å². The quantitative estimate of drug-likeness (QED) is 0.591. The van der Waals surface area contributed by atoms with Crippen molar-refractivity contribution in [2.24, 2.45) is 0 Å². The van der Waals surface area contributed by atoms with Gasteiger partial charge in [-0.25, -0.2) is 9.88 Å². The maximum atomic E-state index is 13.0. The number of anilines is 1. The van der Waals surface area contributed by atoms with E-state index in [4.69, 9.17) is 4.74 Å². The predicted molar refractivity (Wildman–Crippen MR) is 124 cm³/mol. The lowest BCUT2D eigenvalue weighted by molar-refractivity contribution is -0.133. The third kappa shape index (κ3) is 5.13. The van der Waals surface area contributed by atoms with Crippen molar-refractivity contribution in [2.75, 3.05) is 11.5 Å². The number of nitrogens with one attached hydrogen (secondary N) is 2. The molecule has 1 fully saturated rings. The normalized spacial score (nSPS) is 16.1. The van der Waals surface area contributed by atoms with Crippen molar-refractivity contribution in [1.29, 1.82) is 0 Å². The Hall–Kier alpha value is -3.49. The van der Waals surface area contributed by atoms with E-state index in [0.29, 0.717) is 53.5 Å². The minimum atomic E-state index is -0.770. The van der Waals surface area contributed by atoms with Gasteiger partial charge in [0.1, 0.15) is 17.6 Å². The maximum Gasteiger partial charge on any atom is 0.256 e. The Morgan fingerprint density at radius 2 is 1.97 bits per heavy atom. The zero-order valence-electron chi connectivity index (χ0n) is 19.5. The van der Waals surface area contributed by atoms with Crippen LogP contribution in [-0.4, -0.2) is 40.3 Å². The van der Waals surface area contributed by atoms with Crippen LogP contribution >= 0.6 is 0 Å². The number of aromatic nitrogens is 2. The fourth-order valence-electron chi connectivity index (χ4n) is 3.94. The number of nitrogens with zero attached hydrogens (tertiary/aromatic N) is 2. The zero-order valence-corrected chi connectivity index (χ0v) is 19.5. The van der Waals surface area contributed by atoms with E-state index >= 15 is 0 Å². The molecule has 1 atom stereocenters. The van der Waals surface area contributed by atoms with Gasteiger partial charge in [0.2, 0.25) is 11.8 Å². The van der Waals surface area contributed by atoms with Crippen LogP contribution in [0.15, 0.2) is 23.0 Å². The molecule has 0 radical (unpaired) electrons. The number of aryl methyl sites for hydroxylation is 1. The summed E-state index contributed by atoms with van der Waals surface area (Å²) in [6.45, 7) is 7.60. The summed E-state index contributed by atoms with van der Waals surface area (Å²) in [4.78, 5) is 58.4. The first-order valence-corrected chi connectivity index (χ1v) is 11.3. The summed E-state index contributed by atoms with van der Waals surface area (Å²) in [6, 6.07) is 4.15. The molecule has 0 bridgehead atoms. The number of piperidine rings is 1. The topological polar surface area (TPSA) is 121 Å². The number of H-pyrrole nitrogens is 1. The highest BCUT2D eigenvalue weighted by Gasteiger charge is 2.36. The summed E-state index contributed by atoms with van der Waals surface area (Å²) in [6.07, 6.45) is 2.31. The number of hydrogen-bond acceptors (Lipinski definition) is 6. The van der Waals surface area contributed by atoms with E-state index in [1.807, 2.05) is 20.8 Å². The second-order valence-electron chi connectivity index (χ2n) is 7.93. The summed E-state index contributed by atoms with van der Waals surface area (Å²) in [5.41, 5.74) is 1.92. The van der Waals surface area contributed by atoms with Crippen LogP contribution in [-0.2, 0) is 27.2 Å². The molecule has 0 spiro atoms. The van der Waals surface area contributed by atoms with E-state index in [9.17, 15) is 19.2 Å². The summed E-state index contributed by atoms with van der Waals surface area (Å²) in [7, 11) is 0. The van der Waals surface area contributed by atoms with Gasteiger partial charge in [-0.1, -0.05) is 20.8 Å². The van der Waals surface area contributed by atoms with Gasteiger partial charge < -0.3 is 15.0 Å². The molecule has 1 aliphatic heterocycles. The van der Waals surface area contributed by atoms with Crippen LogP contribution < -0.4 is 20.5 Å². The van der Waals surface area contributed by atoms with Gasteiger partial charge in [-0.2, -0.15) is 0 Å². The lowest BCUT2D eigenvalue weighted by atomic mass is 10.0. The standard InChI is InChI=1S/C24H30N4O5/c1-5-12-33-20-10-8-15(28-21(30)11-9-19(24(28)32)25-14(4)29)13-17(20)22-26-18(7-3)16(6-2)23(31)27-22/h8,10,13,19H,5-7,9,11-12H2,1-4H3,(H,25,29)(H,26,27,31). The molecular formula is C24H30N4O5. The number of rotatable bonds is 8. The number of aromatic amines is 1. The van der Waals surface area contributed by atoms with Crippen LogP contribution in [0.1, 0.15) is 58.2 Å². The molecule has 1 aromatic carbocycles. The molecule has 2 heterocycles. The van der Waals surface area contributed by atoms with Crippen molar-refractivity contribution >= 4 is 23.4 Å². The van der Waals surface area contributed by atoms with Crippen LogP contribution in [0.2, 0.25) is 0 Å². The van der Waals surface area contributed by atoms with Gasteiger partial charge in [-0.3, -0.25) is 19.2 Å². The van der Waals surface area contributed by atoms with Gasteiger partial charge in [-0.15, -0.1) is 0 Å². The molecule has 176 valence electrons. The first kappa shape index (κ1) is 24.2. The fourth-order valence-corrected chi connectivity index (χ4v) is 3.94. The first-order valence-electron chi connectivity index (χ1n) is 11.3. The minimum absolute atomic E-state index is 0.125. The maximum absolute atomic E-state index is 13.0. The number of hydrogen-bond donors (Lipinski definition) is 2. The molecule has 9 heteroatoms.